The third-order valence-electron chi connectivity index (χ3n) is 3.11. The number of amides is 1. The summed E-state index contributed by atoms with van der Waals surface area (Å²) >= 11 is 1.25. The molecule has 0 aliphatic carbocycles. The van der Waals surface area contributed by atoms with Gasteiger partial charge in [-0.3, -0.25) is 4.79 Å². The molecule has 0 radical (unpaired) electrons. The molecule has 2 rings (SSSR count). The number of carbonyl (C=O) groups is 1. The zero-order valence-electron chi connectivity index (χ0n) is 11.4. The number of rotatable bonds is 4. The van der Waals surface area contributed by atoms with E-state index in [1.165, 1.54) is 23.5 Å². The minimum absolute atomic E-state index is 0.0454. The molecular weight excluding hydrogens is 279 g/mol. The van der Waals surface area contributed by atoms with Crippen molar-refractivity contribution in [1.29, 1.82) is 0 Å². The van der Waals surface area contributed by atoms with Gasteiger partial charge in [0.2, 0.25) is 0 Å². The van der Waals surface area contributed by atoms with Gasteiger partial charge in [0.25, 0.3) is 5.91 Å². The summed E-state index contributed by atoms with van der Waals surface area (Å²) in [7, 11) is 0. The van der Waals surface area contributed by atoms with Gasteiger partial charge in [-0.05, 0) is 32.0 Å². The molecule has 1 aromatic heterocycles. The lowest BCUT2D eigenvalue weighted by Gasteiger charge is -2.25. The number of fused-ring (bicyclic) bond motifs is 1. The van der Waals surface area contributed by atoms with Crippen LogP contribution in [0.2, 0.25) is 0 Å². The van der Waals surface area contributed by atoms with Gasteiger partial charge in [-0.1, -0.05) is 0 Å². The van der Waals surface area contributed by atoms with Crippen LogP contribution >= 0.6 is 11.3 Å². The maximum Gasteiger partial charge on any atom is 0.266 e. The Balaban J connectivity index is 2.46. The number of thiophene rings is 1. The number of nitrogen functional groups attached to an aromatic ring is 1. The fraction of sp³-hybridized carbons (Fsp3) is 0.357. The van der Waals surface area contributed by atoms with Gasteiger partial charge in [0.1, 0.15) is 10.7 Å². The average Bonchev–Trinajstić information content (AvgIpc) is 2.72. The van der Waals surface area contributed by atoms with Gasteiger partial charge < -0.3 is 15.7 Å². The van der Waals surface area contributed by atoms with Gasteiger partial charge in [-0.2, -0.15) is 0 Å². The SMILES string of the molecule is CC(C)N(CCO)C(=O)c1sc2ccc(F)cc2c1N. The van der Waals surface area contributed by atoms with E-state index in [1.54, 1.807) is 11.0 Å². The summed E-state index contributed by atoms with van der Waals surface area (Å²) in [5, 5.41) is 9.62. The molecule has 0 spiro atoms. The Kier molecular flexibility index (Phi) is 4.25. The first kappa shape index (κ1) is 14.7. The summed E-state index contributed by atoms with van der Waals surface area (Å²) < 4.78 is 14.0. The summed E-state index contributed by atoms with van der Waals surface area (Å²) in [5.41, 5.74) is 6.28. The van der Waals surface area contributed by atoms with Crippen molar-refractivity contribution >= 4 is 33.0 Å². The first-order valence-electron chi connectivity index (χ1n) is 6.35. The molecule has 0 saturated carbocycles. The van der Waals surface area contributed by atoms with E-state index in [2.05, 4.69) is 0 Å². The molecule has 0 aliphatic rings. The lowest BCUT2D eigenvalue weighted by atomic mass is 10.2. The predicted octanol–water partition coefficient (Wildman–Crippen LogP) is 2.47. The second-order valence-electron chi connectivity index (χ2n) is 4.80. The van der Waals surface area contributed by atoms with Crippen molar-refractivity contribution < 1.29 is 14.3 Å². The first-order valence-corrected chi connectivity index (χ1v) is 7.16. The van der Waals surface area contributed by atoms with E-state index >= 15 is 0 Å². The highest BCUT2D eigenvalue weighted by Gasteiger charge is 2.23. The van der Waals surface area contributed by atoms with Gasteiger partial charge in [-0.15, -0.1) is 11.3 Å². The standard InChI is InChI=1S/C14H17FN2O2S/c1-8(2)17(5-6-18)14(19)13-12(16)10-7-9(15)3-4-11(10)20-13/h3-4,7-8,18H,5-6,16H2,1-2H3. The number of halogens is 1. The monoisotopic (exact) mass is 296 g/mol. The summed E-state index contributed by atoms with van der Waals surface area (Å²) in [6.07, 6.45) is 0. The topological polar surface area (TPSA) is 66.6 Å². The maximum atomic E-state index is 13.3. The molecule has 4 nitrogen and oxygen atoms in total. The Hall–Kier alpha value is -1.66. The van der Waals surface area contributed by atoms with Crippen molar-refractivity contribution in [2.45, 2.75) is 19.9 Å². The van der Waals surface area contributed by atoms with E-state index < -0.39 is 0 Å². The minimum Gasteiger partial charge on any atom is -0.397 e. The third kappa shape index (κ3) is 2.62. The second-order valence-corrected chi connectivity index (χ2v) is 5.85. The average molecular weight is 296 g/mol. The van der Waals surface area contributed by atoms with Gasteiger partial charge in [0.15, 0.2) is 0 Å². The summed E-state index contributed by atoms with van der Waals surface area (Å²) in [6.45, 7) is 3.88. The number of carbonyl (C=O) groups excluding carboxylic acids is 1. The zero-order valence-corrected chi connectivity index (χ0v) is 12.2. The fourth-order valence-electron chi connectivity index (χ4n) is 2.08. The number of benzene rings is 1. The number of anilines is 1. The van der Waals surface area contributed by atoms with Gasteiger partial charge in [0, 0.05) is 22.7 Å². The Morgan fingerprint density at radius 3 is 2.80 bits per heavy atom. The molecule has 1 amide bonds. The first-order chi connectivity index (χ1) is 9.45. The largest absolute Gasteiger partial charge is 0.397 e. The third-order valence-corrected chi connectivity index (χ3v) is 4.28. The summed E-state index contributed by atoms with van der Waals surface area (Å²) in [4.78, 5) is 14.5. The highest BCUT2D eigenvalue weighted by Crippen LogP contribution is 2.35. The number of hydrogen-bond acceptors (Lipinski definition) is 4. The van der Waals surface area contributed by atoms with Gasteiger partial charge in [0.05, 0.1) is 12.3 Å². The van der Waals surface area contributed by atoms with Crippen molar-refractivity contribution in [3.8, 4) is 0 Å². The quantitative estimate of drug-likeness (QED) is 0.911. The molecule has 0 bridgehead atoms. The Labute approximate surface area is 120 Å². The molecule has 108 valence electrons. The predicted molar refractivity (Wildman–Crippen MR) is 79.5 cm³/mol. The number of nitrogens with two attached hydrogens (primary N) is 1. The molecule has 0 unspecified atom stereocenters. The number of aliphatic hydroxyl groups is 1. The lowest BCUT2D eigenvalue weighted by molar-refractivity contribution is 0.0671. The molecule has 0 fully saturated rings. The van der Waals surface area contributed by atoms with E-state index in [1.807, 2.05) is 13.8 Å². The number of nitrogens with zero attached hydrogens (tertiary/aromatic N) is 1. The van der Waals surface area contributed by atoms with Crippen LogP contribution in [0.15, 0.2) is 18.2 Å². The molecule has 2 aromatic rings. The van der Waals surface area contributed by atoms with Crippen LogP contribution < -0.4 is 5.73 Å². The Morgan fingerprint density at radius 2 is 2.20 bits per heavy atom. The van der Waals surface area contributed by atoms with E-state index in [-0.39, 0.29) is 30.9 Å². The van der Waals surface area contributed by atoms with E-state index in [4.69, 9.17) is 10.8 Å². The molecule has 3 N–H and O–H groups in total. The van der Waals surface area contributed by atoms with Crippen LogP contribution in [-0.4, -0.2) is 35.1 Å². The minimum atomic E-state index is -0.378. The Morgan fingerprint density at radius 1 is 1.50 bits per heavy atom. The molecule has 20 heavy (non-hydrogen) atoms. The van der Waals surface area contributed by atoms with E-state index in [9.17, 15) is 9.18 Å². The smallest absolute Gasteiger partial charge is 0.266 e. The van der Waals surface area contributed by atoms with Gasteiger partial charge in [-0.25, -0.2) is 4.39 Å². The molecule has 0 atom stereocenters. The molecule has 1 heterocycles. The van der Waals surface area contributed by atoms with Gasteiger partial charge >= 0.3 is 0 Å². The Bertz CT molecular complexity index is 639. The molecule has 0 saturated heterocycles. The molecular formula is C14H17FN2O2S. The van der Waals surface area contributed by atoms with Crippen molar-refractivity contribution in [3.63, 3.8) is 0 Å². The van der Waals surface area contributed by atoms with Crippen LogP contribution in [0.4, 0.5) is 10.1 Å². The highest BCUT2D eigenvalue weighted by atomic mass is 32.1. The van der Waals surface area contributed by atoms with Crippen LogP contribution in [0.3, 0.4) is 0 Å². The van der Waals surface area contributed by atoms with Crippen LogP contribution in [0.5, 0.6) is 0 Å². The zero-order chi connectivity index (χ0) is 14.9. The number of aliphatic hydroxyl groups excluding tert-OH is 1. The molecule has 6 heteroatoms. The lowest BCUT2D eigenvalue weighted by Crippen LogP contribution is -2.38. The van der Waals surface area contributed by atoms with Crippen molar-refractivity contribution in [3.05, 3.63) is 28.9 Å². The van der Waals surface area contributed by atoms with Crippen molar-refractivity contribution in [2.24, 2.45) is 0 Å². The fourth-order valence-corrected chi connectivity index (χ4v) is 3.14. The molecule has 1 aromatic carbocycles. The highest BCUT2D eigenvalue weighted by molar-refractivity contribution is 7.21. The summed E-state index contributed by atoms with van der Waals surface area (Å²) in [5.74, 6) is -0.606. The van der Waals surface area contributed by atoms with Crippen LogP contribution in [0.1, 0.15) is 23.5 Å². The van der Waals surface area contributed by atoms with Crippen LogP contribution in [0, 0.1) is 5.82 Å². The van der Waals surface area contributed by atoms with Crippen LogP contribution in [-0.2, 0) is 0 Å². The number of hydrogen-bond donors (Lipinski definition) is 2. The van der Waals surface area contributed by atoms with Crippen molar-refractivity contribution in [1.82, 2.24) is 4.90 Å². The second kappa shape index (κ2) is 5.76. The van der Waals surface area contributed by atoms with Crippen molar-refractivity contribution in [2.75, 3.05) is 18.9 Å². The maximum absolute atomic E-state index is 13.3. The van der Waals surface area contributed by atoms with E-state index in [0.717, 1.165) is 4.70 Å². The van der Waals surface area contributed by atoms with E-state index in [0.29, 0.717) is 16.0 Å². The molecule has 0 aliphatic heterocycles. The normalized spacial score (nSPS) is 11.2. The summed E-state index contributed by atoms with van der Waals surface area (Å²) in [6, 6.07) is 4.26. The van der Waals surface area contributed by atoms with Crippen LogP contribution in [0.25, 0.3) is 10.1 Å².